The van der Waals surface area contributed by atoms with Gasteiger partial charge in [-0.05, 0) is 50.3 Å². The molecule has 186 valence electrons. The smallest absolute Gasteiger partial charge is 0.326 e. The maximum Gasteiger partial charge on any atom is 0.326 e. The zero-order valence-corrected chi connectivity index (χ0v) is 18.8. The van der Waals surface area contributed by atoms with Gasteiger partial charge < -0.3 is 36.6 Å². The summed E-state index contributed by atoms with van der Waals surface area (Å²) in [4.78, 5) is 61.6. The van der Waals surface area contributed by atoms with Gasteiger partial charge in [0.1, 0.15) is 23.9 Å². The first-order valence-electron chi connectivity index (χ1n) is 10.9. The molecular weight excluding hydrogens is 448 g/mol. The summed E-state index contributed by atoms with van der Waals surface area (Å²) >= 11 is 0. The van der Waals surface area contributed by atoms with Gasteiger partial charge in [-0.1, -0.05) is 12.1 Å². The molecule has 0 radical (unpaired) electrons. The van der Waals surface area contributed by atoms with Crippen LogP contribution in [0.4, 0.5) is 0 Å². The zero-order chi connectivity index (χ0) is 25.4. The first-order chi connectivity index (χ1) is 16.0. The Morgan fingerprint density at radius 3 is 2.32 bits per heavy atom. The number of benzene rings is 1. The number of amides is 3. The second-order valence-corrected chi connectivity index (χ2v) is 8.23. The van der Waals surface area contributed by atoms with E-state index in [2.05, 4.69) is 10.6 Å². The first kappa shape index (κ1) is 26.6. The van der Waals surface area contributed by atoms with E-state index < -0.39 is 60.2 Å². The number of carbonyl (C=O) groups is 5. The fraction of sp³-hybridized carbons (Fsp3) is 0.500. The molecular formula is C22H30N4O8. The number of aliphatic carboxylic acids is 2. The third-order valence-electron chi connectivity index (χ3n) is 5.56. The average molecular weight is 479 g/mol. The molecule has 34 heavy (non-hydrogen) atoms. The highest BCUT2D eigenvalue weighted by atomic mass is 16.4. The standard InChI is InChI=1S/C22H30N4O8/c1-12(21(32)26-10-2-3-17(26)22(33)34)24-20(31)16(8-9-18(28)29)25-19(30)15(23)11-13-4-6-14(27)7-5-13/h4-7,12,15-17,27H,2-3,8-11,23H2,1H3,(H,24,31)(H,25,30)(H,28,29)(H,33,34). The molecule has 1 aliphatic rings. The van der Waals surface area contributed by atoms with Gasteiger partial charge in [0.25, 0.3) is 0 Å². The van der Waals surface area contributed by atoms with E-state index in [1.807, 2.05) is 0 Å². The first-order valence-corrected chi connectivity index (χ1v) is 10.9. The predicted octanol–water partition coefficient (Wildman–Crippen LogP) is -0.808. The van der Waals surface area contributed by atoms with Crippen LogP contribution in [0.15, 0.2) is 24.3 Å². The molecule has 1 aromatic rings. The molecule has 1 fully saturated rings. The third-order valence-corrected chi connectivity index (χ3v) is 5.56. The van der Waals surface area contributed by atoms with Gasteiger partial charge in [0, 0.05) is 13.0 Å². The van der Waals surface area contributed by atoms with Gasteiger partial charge >= 0.3 is 11.9 Å². The Labute approximate surface area is 196 Å². The minimum Gasteiger partial charge on any atom is -0.508 e. The van der Waals surface area contributed by atoms with E-state index in [1.165, 1.54) is 24.0 Å². The normalized spacial score (nSPS) is 17.9. The van der Waals surface area contributed by atoms with E-state index >= 15 is 0 Å². The fourth-order valence-electron chi connectivity index (χ4n) is 3.71. The second-order valence-electron chi connectivity index (χ2n) is 8.23. The van der Waals surface area contributed by atoms with E-state index in [1.54, 1.807) is 12.1 Å². The number of nitrogens with zero attached hydrogens (tertiary/aromatic N) is 1. The summed E-state index contributed by atoms with van der Waals surface area (Å²) in [7, 11) is 0. The summed E-state index contributed by atoms with van der Waals surface area (Å²) in [6.07, 6.45) is 0.305. The van der Waals surface area contributed by atoms with Crippen molar-refractivity contribution in [2.45, 2.75) is 63.2 Å². The van der Waals surface area contributed by atoms with Crippen molar-refractivity contribution in [2.24, 2.45) is 5.73 Å². The Bertz CT molecular complexity index is 920. The lowest BCUT2D eigenvalue weighted by molar-refractivity contribution is -0.149. The van der Waals surface area contributed by atoms with Crippen molar-refractivity contribution >= 4 is 29.7 Å². The number of hydrogen-bond donors (Lipinski definition) is 6. The quantitative estimate of drug-likeness (QED) is 0.235. The topological polar surface area (TPSA) is 199 Å². The number of likely N-dealkylation sites (tertiary alicyclic amines) is 1. The van der Waals surface area contributed by atoms with E-state index in [-0.39, 0.29) is 25.1 Å². The molecule has 4 unspecified atom stereocenters. The molecule has 1 saturated heterocycles. The molecule has 4 atom stereocenters. The summed E-state index contributed by atoms with van der Waals surface area (Å²) in [6, 6.07) is 1.70. The lowest BCUT2D eigenvalue weighted by Gasteiger charge is -2.27. The van der Waals surface area contributed by atoms with Gasteiger partial charge in [-0.2, -0.15) is 0 Å². The fourth-order valence-corrected chi connectivity index (χ4v) is 3.71. The van der Waals surface area contributed by atoms with Crippen LogP contribution in [-0.4, -0.2) is 80.6 Å². The number of carboxylic acid groups (broad SMARTS) is 2. The van der Waals surface area contributed by atoms with Crippen LogP contribution in [0.25, 0.3) is 0 Å². The minimum atomic E-state index is -1.27. The molecule has 0 spiro atoms. The molecule has 0 aliphatic carbocycles. The molecule has 1 heterocycles. The van der Waals surface area contributed by atoms with Crippen molar-refractivity contribution in [3.63, 3.8) is 0 Å². The Balaban J connectivity index is 2.02. The van der Waals surface area contributed by atoms with Crippen molar-refractivity contribution < 1.29 is 39.3 Å². The number of hydrogen-bond acceptors (Lipinski definition) is 7. The summed E-state index contributed by atoms with van der Waals surface area (Å²) in [6.45, 7) is 1.64. The number of phenolic OH excluding ortho intramolecular Hbond substituents is 1. The molecule has 0 aromatic heterocycles. The minimum absolute atomic E-state index is 0.0550. The van der Waals surface area contributed by atoms with Crippen LogP contribution in [-0.2, 0) is 30.4 Å². The van der Waals surface area contributed by atoms with Gasteiger partial charge in [0.2, 0.25) is 17.7 Å². The van der Waals surface area contributed by atoms with Crippen molar-refractivity contribution in [1.82, 2.24) is 15.5 Å². The molecule has 0 saturated carbocycles. The number of carboxylic acids is 2. The number of carbonyl (C=O) groups excluding carboxylic acids is 3. The Morgan fingerprint density at radius 2 is 1.74 bits per heavy atom. The Morgan fingerprint density at radius 1 is 1.09 bits per heavy atom. The maximum absolute atomic E-state index is 12.8. The lowest BCUT2D eigenvalue weighted by Crippen LogP contribution is -2.56. The van der Waals surface area contributed by atoms with Gasteiger partial charge in [-0.25, -0.2) is 4.79 Å². The van der Waals surface area contributed by atoms with Crippen LogP contribution in [0.5, 0.6) is 5.75 Å². The monoisotopic (exact) mass is 478 g/mol. The van der Waals surface area contributed by atoms with Crippen molar-refractivity contribution in [3.8, 4) is 5.75 Å². The van der Waals surface area contributed by atoms with Crippen LogP contribution in [0.3, 0.4) is 0 Å². The number of phenols is 1. The molecule has 12 nitrogen and oxygen atoms in total. The molecule has 2 rings (SSSR count). The molecule has 1 aromatic carbocycles. The van der Waals surface area contributed by atoms with Crippen LogP contribution < -0.4 is 16.4 Å². The van der Waals surface area contributed by atoms with Crippen molar-refractivity contribution in [2.75, 3.05) is 6.54 Å². The van der Waals surface area contributed by atoms with Crippen LogP contribution in [0, 0.1) is 0 Å². The van der Waals surface area contributed by atoms with E-state index in [9.17, 15) is 34.2 Å². The highest BCUT2D eigenvalue weighted by Gasteiger charge is 2.37. The van der Waals surface area contributed by atoms with Gasteiger partial charge in [0.15, 0.2) is 0 Å². The molecule has 0 bridgehead atoms. The second kappa shape index (κ2) is 12.0. The van der Waals surface area contributed by atoms with Crippen LogP contribution in [0.2, 0.25) is 0 Å². The Kier molecular flexibility index (Phi) is 9.36. The van der Waals surface area contributed by atoms with Gasteiger partial charge in [0.05, 0.1) is 6.04 Å². The summed E-state index contributed by atoms with van der Waals surface area (Å²) in [5.41, 5.74) is 6.60. The zero-order valence-electron chi connectivity index (χ0n) is 18.8. The summed E-state index contributed by atoms with van der Waals surface area (Å²) in [5, 5.41) is 32.5. The van der Waals surface area contributed by atoms with E-state index in [0.29, 0.717) is 18.4 Å². The third kappa shape index (κ3) is 7.44. The summed E-state index contributed by atoms with van der Waals surface area (Å²) < 4.78 is 0. The molecule has 1 aliphatic heterocycles. The SMILES string of the molecule is CC(NC(=O)C(CCC(=O)O)NC(=O)C(N)Cc1ccc(O)cc1)C(=O)N1CCCC1C(=O)O. The Hall–Kier alpha value is -3.67. The molecule has 12 heteroatoms. The number of aromatic hydroxyl groups is 1. The summed E-state index contributed by atoms with van der Waals surface area (Å²) in [5.74, 6) is -4.30. The van der Waals surface area contributed by atoms with E-state index in [0.717, 1.165) is 0 Å². The molecule has 7 N–H and O–H groups in total. The van der Waals surface area contributed by atoms with Gasteiger partial charge in [-0.3, -0.25) is 19.2 Å². The number of nitrogens with one attached hydrogen (secondary N) is 2. The lowest BCUT2D eigenvalue weighted by atomic mass is 10.0. The largest absolute Gasteiger partial charge is 0.508 e. The maximum atomic E-state index is 12.8. The van der Waals surface area contributed by atoms with E-state index in [4.69, 9.17) is 10.8 Å². The van der Waals surface area contributed by atoms with Crippen LogP contribution >= 0.6 is 0 Å². The van der Waals surface area contributed by atoms with Gasteiger partial charge in [-0.15, -0.1) is 0 Å². The number of rotatable bonds is 11. The average Bonchev–Trinajstić information content (AvgIpc) is 3.27. The highest BCUT2D eigenvalue weighted by Crippen LogP contribution is 2.18. The predicted molar refractivity (Wildman–Crippen MR) is 119 cm³/mol. The van der Waals surface area contributed by atoms with Crippen molar-refractivity contribution in [1.29, 1.82) is 0 Å². The molecule has 3 amide bonds. The highest BCUT2D eigenvalue weighted by molar-refractivity contribution is 5.94. The van der Waals surface area contributed by atoms with Crippen molar-refractivity contribution in [3.05, 3.63) is 29.8 Å². The van der Waals surface area contributed by atoms with Crippen LogP contribution in [0.1, 0.15) is 38.2 Å². The number of nitrogens with two attached hydrogens (primary N) is 1.